The fraction of sp³-hybridized carbons (Fsp3) is 0.180. The van der Waals surface area contributed by atoms with Gasteiger partial charge >= 0.3 is 19.9 Å². The van der Waals surface area contributed by atoms with E-state index in [1.165, 1.54) is 0 Å². The van der Waals surface area contributed by atoms with Crippen LogP contribution in [0.2, 0.25) is 0 Å². The number of esters is 1. The van der Waals surface area contributed by atoms with E-state index < -0.39 is 6.98 Å². The van der Waals surface area contributed by atoms with Crippen LogP contribution >= 0.6 is 0 Å². The van der Waals surface area contributed by atoms with Gasteiger partial charge in [0, 0.05) is 71.6 Å². The number of methoxy groups -OCH3 is 1. The second-order valence-corrected chi connectivity index (χ2v) is 19.2. The lowest BCUT2D eigenvalue weighted by molar-refractivity contribution is -0.143. The number of rotatable bonds is 19. The van der Waals surface area contributed by atoms with Gasteiger partial charge in [-0.2, -0.15) is 0 Å². The third kappa shape index (κ3) is 10.3. The van der Waals surface area contributed by atoms with Crippen LogP contribution in [-0.4, -0.2) is 70.1 Å². The first-order valence-corrected chi connectivity index (χ1v) is 25.4. The molecule has 0 atom stereocenters. The van der Waals surface area contributed by atoms with Gasteiger partial charge in [-0.05, 0) is 93.7 Å². The van der Waals surface area contributed by atoms with E-state index in [9.17, 15) is 19.5 Å². The molecule has 3 aliphatic rings. The van der Waals surface area contributed by atoms with Gasteiger partial charge in [-0.1, -0.05) is 121 Å². The highest BCUT2D eigenvalue weighted by atomic mass is 16.5. The zero-order valence-corrected chi connectivity index (χ0v) is 41.8. The fourth-order valence-corrected chi connectivity index (χ4v) is 10.2. The number of aliphatic hydroxyl groups excluding tert-OH is 1. The van der Waals surface area contributed by atoms with Crippen molar-refractivity contribution in [2.45, 2.75) is 39.0 Å². The first kappa shape index (κ1) is 48.6. The molecule has 0 radical (unpaired) electrons. The molecule has 0 saturated heterocycles. The van der Waals surface area contributed by atoms with Gasteiger partial charge in [0.05, 0.1) is 42.7 Å². The molecule has 8 aromatic carbocycles. The first-order valence-electron chi connectivity index (χ1n) is 25.4. The maximum Gasteiger partial charge on any atom is 0.427 e. The predicted molar refractivity (Wildman–Crippen MR) is 298 cm³/mol. The number of nitrogens with one attached hydrogen (secondary N) is 3. The summed E-state index contributed by atoms with van der Waals surface area (Å²) in [5.41, 5.74) is 9.74. The molecule has 4 N–H and O–H groups in total. The summed E-state index contributed by atoms with van der Waals surface area (Å²) in [5, 5.41) is 27.9. The molecule has 0 unspecified atom stereocenters. The molecule has 0 saturated carbocycles. The molecule has 0 spiro atoms. The standard InChI is InChI=1S/C61H54B2N4O8/c1-38(68)35-39-11-13-40(14-12-39)36-41-15-17-42(18-16-41)37-53(69)75-34-6-33-74-48-27-23-46(24-28-48)63-65-52-10-4-8-44-20-30-50(59(67-63)55(44)52)57-60(70)56(61(57)71)49-29-19-43-7-3-9-51-54(43)58(49)66-62(64-51)45-21-25-47(26-22-45)73-32-5-31-72-2/h3-4,7-30,64-66,70H,5-6,31-37H2,1-2H3. The number of Topliss-reactive ketones (excluding diaryl/α,β-unsaturated/α-hetero) is 2. The summed E-state index contributed by atoms with van der Waals surface area (Å²) in [4.78, 5) is 43.9. The fourth-order valence-electron chi connectivity index (χ4n) is 10.2. The number of aliphatic hydroxyl groups is 1. The monoisotopic (exact) mass is 992 g/mol. The highest BCUT2D eigenvalue weighted by molar-refractivity contribution is 6.80. The molecule has 11 rings (SSSR count). The van der Waals surface area contributed by atoms with E-state index in [-0.39, 0.29) is 54.5 Å². The van der Waals surface area contributed by atoms with Gasteiger partial charge < -0.3 is 44.6 Å². The Kier molecular flexibility index (Phi) is 13.9. The summed E-state index contributed by atoms with van der Waals surface area (Å²) in [6, 6.07) is 51.6. The smallest absolute Gasteiger partial charge is 0.427 e. The van der Waals surface area contributed by atoms with Crippen LogP contribution in [0.3, 0.4) is 0 Å². The van der Waals surface area contributed by atoms with E-state index in [4.69, 9.17) is 23.9 Å². The van der Waals surface area contributed by atoms with Gasteiger partial charge in [0.2, 0.25) is 5.78 Å². The van der Waals surface area contributed by atoms with Crippen molar-refractivity contribution in [3.63, 3.8) is 0 Å². The molecule has 0 amide bonds. The Morgan fingerprint density at radius 3 is 1.81 bits per heavy atom. The lowest BCUT2D eigenvalue weighted by Crippen LogP contribution is -2.48. The average molecular weight is 993 g/mol. The zero-order valence-electron chi connectivity index (χ0n) is 41.8. The number of benzene rings is 8. The Morgan fingerprint density at radius 2 is 1.17 bits per heavy atom. The highest BCUT2D eigenvalue weighted by Crippen LogP contribution is 2.45. The summed E-state index contributed by atoms with van der Waals surface area (Å²) in [5.74, 6) is 0.974. The van der Waals surface area contributed by atoms with Crippen LogP contribution in [0.4, 0.5) is 17.1 Å². The van der Waals surface area contributed by atoms with E-state index >= 15 is 0 Å². The topological polar surface area (TPSA) is 157 Å². The van der Waals surface area contributed by atoms with E-state index in [0.717, 1.165) is 90.4 Å². The number of hydrogen-bond acceptors (Lipinski definition) is 12. The van der Waals surface area contributed by atoms with E-state index in [0.29, 0.717) is 54.6 Å². The molecule has 2 heterocycles. The molecule has 12 nitrogen and oxygen atoms in total. The van der Waals surface area contributed by atoms with Crippen molar-refractivity contribution in [3.8, 4) is 11.5 Å². The molecular formula is C61H54B2N4O8. The second kappa shape index (κ2) is 21.5. The van der Waals surface area contributed by atoms with E-state index in [2.05, 4.69) is 27.8 Å². The van der Waals surface area contributed by atoms with Crippen molar-refractivity contribution >= 4 is 92.2 Å². The first-order chi connectivity index (χ1) is 36.7. The van der Waals surface area contributed by atoms with Gasteiger partial charge in [-0.3, -0.25) is 14.4 Å². The second-order valence-electron chi connectivity index (χ2n) is 19.2. The molecule has 14 heteroatoms. The molecule has 75 heavy (non-hydrogen) atoms. The van der Waals surface area contributed by atoms with Crippen LogP contribution in [0.25, 0.3) is 32.7 Å². The van der Waals surface area contributed by atoms with Crippen molar-refractivity contribution in [3.05, 3.63) is 202 Å². The minimum Gasteiger partial charge on any atom is -0.506 e. The van der Waals surface area contributed by atoms with E-state index in [1.807, 2.05) is 146 Å². The van der Waals surface area contributed by atoms with Gasteiger partial charge in [0.25, 0.3) is 0 Å². The zero-order chi connectivity index (χ0) is 51.4. The maximum absolute atomic E-state index is 14.6. The number of hydrogen-bond donors (Lipinski definition) is 4. The van der Waals surface area contributed by atoms with Crippen LogP contribution in [0.15, 0.2) is 168 Å². The lowest BCUT2D eigenvalue weighted by atomic mass is 9.65. The Labute approximate surface area is 435 Å². The normalized spacial score (nSPS) is 14.1. The van der Waals surface area contributed by atoms with Crippen LogP contribution in [0.1, 0.15) is 47.6 Å². The summed E-state index contributed by atoms with van der Waals surface area (Å²) >= 11 is 0. The number of anilines is 3. The molecule has 1 aliphatic carbocycles. The molecule has 8 aromatic rings. The van der Waals surface area contributed by atoms with Gasteiger partial charge in [-0.15, -0.1) is 0 Å². The maximum atomic E-state index is 14.6. The number of ketones is 2. The number of carbonyl (C=O) groups is 3. The summed E-state index contributed by atoms with van der Waals surface area (Å²) in [6.07, 6.45) is 2.72. The van der Waals surface area contributed by atoms with Crippen LogP contribution in [0, 0.1) is 0 Å². The third-order valence-corrected chi connectivity index (χ3v) is 13.9. The van der Waals surface area contributed by atoms with Crippen LogP contribution < -0.4 is 46.7 Å². The lowest BCUT2D eigenvalue weighted by Gasteiger charge is -2.31. The quantitative estimate of drug-likeness (QED) is 0.0353. The van der Waals surface area contributed by atoms with Crippen molar-refractivity contribution in [2.24, 2.45) is 4.90 Å². The summed E-state index contributed by atoms with van der Waals surface area (Å²) < 4.78 is 22.6. The molecule has 0 fully saturated rings. The summed E-state index contributed by atoms with van der Waals surface area (Å²) in [6.45, 7) is 2.59. The number of carbonyl (C=O) groups excluding carboxylic acids is 3. The minimum absolute atomic E-state index is 0.0671. The third-order valence-electron chi connectivity index (χ3n) is 13.9. The van der Waals surface area contributed by atoms with Crippen LogP contribution in [0.5, 0.6) is 11.5 Å². The minimum atomic E-state index is -0.486. The number of ether oxygens (including phenoxy) is 4. The van der Waals surface area contributed by atoms with Gasteiger partial charge in [0.1, 0.15) is 23.0 Å². The highest BCUT2D eigenvalue weighted by Gasteiger charge is 2.39. The number of allylic oxidation sites excluding steroid dienone is 2. The predicted octanol–water partition coefficient (Wildman–Crippen LogP) is 8.06. The molecule has 0 aromatic heterocycles. The average Bonchev–Trinajstić information content (AvgIpc) is 3.44. The Balaban J connectivity index is 0.755. The Hall–Kier alpha value is -8.61. The van der Waals surface area contributed by atoms with Crippen molar-refractivity contribution < 1.29 is 38.4 Å². The Bertz CT molecular complexity index is 3660. The van der Waals surface area contributed by atoms with Crippen molar-refractivity contribution in [1.29, 1.82) is 0 Å². The van der Waals surface area contributed by atoms with Gasteiger partial charge in [-0.25, -0.2) is 0 Å². The molecule has 372 valence electrons. The van der Waals surface area contributed by atoms with Gasteiger partial charge in [0.15, 0.2) is 0 Å². The molecular weight excluding hydrogens is 938 g/mol. The van der Waals surface area contributed by atoms with Crippen molar-refractivity contribution in [2.75, 3.05) is 49.2 Å². The largest absolute Gasteiger partial charge is 0.506 e. The van der Waals surface area contributed by atoms with Crippen molar-refractivity contribution in [1.82, 2.24) is 0 Å². The molecule has 0 bridgehead atoms. The Morgan fingerprint density at radius 1 is 0.587 bits per heavy atom. The molecule has 2 aliphatic heterocycles. The summed E-state index contributed by atoms with van der Waals surface area (Å²) in [7, 11) is 1.68. The van der Waals surface area contributed by atoms with E-state index in [1.54, 1.807) is 14.0 Å². The number of nitrogens with zero attached hydrogens (tertiary/aromatic N) is 1. The SMILES string of the molecule is COCCCOc1ccc(B2Nc3cccc4ccc(C5=C(O)C(=c6ccc7cccc8c7c6=NB(c6ccc(OCCCOC(=O)Cc7ccc(Cc9ccc(CC(C)=O)cc9)cc7)cc6)N8)C5=O)c(c34)N2)cc1. The van der Waals surface area contributed by atoms with Crippen LogP contribution in [-0.2, 0) is 43.1 Å².